The zero-order chi connectivity index (χ0) is 22.5. The molecule has 2 aromatic carbocycles. The second-order valence-electron chi connectivity index (χ2n) is 7.09. The van der Waals surface area contributed by atoms with Crippen molar-refractivity contribution in [3.8, 4) is 5.75 Å². The molecule has 8 heteroatoms. The van der Waals surface area contributed by atoms with Gasteiger partial charge in [-0.1, -0.05) is 24.3 Å². The number of ether oxygens (including phenoxy) is 2. The first-order valence-corrected chi connectivity index (χ1v) is 10.7. The molecule has 0 fully saturated rings. The van der Waals surface area contributed by atoms with E-state index in [1.807, 2.05) is 51.1 Å². The van der Waals surface area contributed by atoms with Crippen LogP contribution < -0.4 is 20.7 Å². The summed E-state index contributed by atoms with van der Waals surface area (Å²) in [4.78, 5) is 15.9. The van der Waals surface area contributed by atoms with Gasteiger partial charge >= 0.3 is 0 Å². The number of nitrogens with one attached hydrogen (secondary N) is 3. The van der Waals surface area contributed by atoms with Gasteiger partial charge in [0.15, 0.2) is 5.96 Å². The maximum atomic E-state index is 11.3. The van der Waals surface area contributed by atoms with Crippen LogP contribution in [0.1, 0.15) is 37.5 Å². The summed E-state index contributed by atoms with van der Waals surface area (Å²) in [6.07, 6.45) is 0. The number of carbonyl (C=O) groups is 1. The number of amides is 1. The van der Waals surface area contributed by atoms with Crippen molar-refractivity contribution >= 4 is 41.5 Å². The summed E-state index contributed by atoms with van der Waals surface area (Å²) in [5, 5.41) is 9.44. The van der Waals surface area contributed by atoms with Crippen molar-refractivity contribution in [2.75, 3.05) is 31.7 Å². The van der Waals surface area contributed by atoms with Crippen LogP contribution in [0.2, 0.25) is 0 Å². The number of hydrogen-bond donors (Lipinski definition) is 3. The Morgan fingerprint density at radius 3 is 2.59 bits per heavy atom. The van der Waals surface area contributed by atoms with Gasteiger partial charge in [0.2, 0.25) is 5.91 Å². The largest absolute Gasteiger partial charge is 0.491 e. The lowest BCUT2D eigenvalue weighted by atomic mass is 10.1. The highest BCUT2D eigenvalue weighted by molar-refractivity contribution is 14.0. The number of benzene rings is 2. The molecule has 176 valence electrons. The molecule has 0 radical (unpaired) electrons. The standard InChI is InChI=1S/C24H34N4O3.HI/c1-5-25-24(26-16-20-8-7-9-22(15-20)28-19(4)29)27-17-21-11-10-18(3)14-23(21)31-13-12-30-6-2;/h7-11,14-15H,5-6,12-13,16-17H2,1-4H3,(H,28,29)(H2,25,26,27);1H. The number of hydrogen-bond acceptors (Lipinski definition) is 4. The van der Waals surface area contributed by atoms with E-state index in [0.717, 1.165) is 34.7 Å². The van der Waals surface area contributed by atoms with E-state index in [1.54, 1.807) is 0 Å². The highest BCUT2D eigenvalue weighted by atomic mass is 127. The smallest absolute Gasteiger partial charge is 0.221 e. The number of anilines is 1. The van der Waals surface area contributed by atoms with Crippen molar-refractivity contribution in [3.63, 3.8) is 0 Å². The lowest BCUT2D eigenvalue weighted by Crippen LogP contribution is -2.36. The Labute approximate surface area is 208 Å². The van der Waals surface area contributed by atoms with Crippen LogP contribution in [0, 0.1) is 6.92 Å². The number of aryl methyl sites for hydroxylation is 1. The van der Waals surface area contributed by atoms with Crippen LogP contribution in [0.4, 0.5) is 5.69 Å². The summed E-state index contributed by atoms with van der Waals surface area (Å²) in [5.74, 6) is 1.48. The SMILES string of the molecule is CCNC(=NCc1cccc(NC(C)=O)c1)NCc1ccc(C)cc1OCCOCC.I. The van der Waals surface area contributed by atoms with Crippen molar-refractivity contribution < 1.29 is 14.3 Å². The Morgan fingerprint density at radius 1 is 1.06 bits per heavy atom. The minimum atomic E-state index is -0.0898. The van der Waals surface area contributed by atoms with E-state index < -0.39 is 0 Å². The Balaban J connectivity index is 0.00000512. The summed E-state index contributed by atoms with van der Waals surface area (Å²) in [5.41, 5.74) is 3.99. The number of rotatable bonds is 11. The fourth-order valence-electron chi connectivity index (χ4n) is 2.94. The highest BCUT2D eigenvalue weighted by Crippen LogP contribution is 2.20. The predicted octanol–water partition coefficient (Wildman–Crippen LogP) is 4.24. The van der Waals surface area contributed by atoms with Crippen molar-refractivity contribution in [2.45, 2.75) is 40.8 Å². The normalized spacial score (nSPS) is 10.8. The van der Waals surface area contributed by atoms with Crippen molar-refractivity contribution in [2.24, 2.45) is 4.99 Å². The van der Waals surface area contributed by atoms with Crippen LogP contribution in [-0.4, -0.2) is 38.2 Å². The van der Waals surface area contributed by atoms with E-state index in [4.69, 9.17) is 9.47 Å². The molecule has 0 aliphatic rings. The Morgan fingerprint density at radius 2 is 1.88 bits per heavy atom. The van der Waals surface area contributed by atoms with E-state index in [9.17, 15) is 4.79 Å². The van der Waals surface area contributed by atoms with Crippen LogP contribution in [-0.2, 0) is 22.6 Å². The topological polar surface area (TPSA) is 84.0 Å². The van der Waals surface area contributed by atoms with Gasteiger partial charge in [0.25, 0.3) is 0 Å². The molecule has 0 spiro atoms. The fourth-order valence-corrected chi connectivity index (χ4v) is 2.94. The first-order valence-electron chi connectivity index (χ1n) is 10.7. The Hall–Kier alpha value is -2.33. The minimum absolute atomic E-state index is 0. The number of aliphatic imine (C=N–C) groups is 1. The van der Waals surface area contributed by atoms with Gasteiger partial charge in [0, 0.05) is 37.9 Å². The average Bonchev–Trinajstić information content (AvgIpc) is 2.74. The van der Waals surface area contributed by atoms with E-state index in [2.05, 4.69) is 33.1 Å². The molecule has 0 saturated heterocycles. The molecular weight excluding hydrogens is 519 g/mol. The third-order valence-corrected chi connectivity index (χ3v) is 4.37. The van der Waals surface area contributed by atoms with Crippen molar-refractivity contribution in [1.29, 1.82) is 0 Å². The molecule has 0 aliphatic heterocycles. The van der Waals surface area contributed by atoms with Gasteiger partial charge in [-0.3, -0.25) is 4.79 Å². The summed E-state index contributed by atoms with van der Waals surface area (Å²) in [7, 11) is 0. The molecule has 2 rings (SSSR count). The molecule has 0 heterocycles. The molecule has 3 N–H and O–H groups in total. The first kappa shape index (κ1) is 27.7. The Kier molecular flexibility index (Phi) is 13.4. The van der Waals surface area contributed by atoms with Crippen LogP contribution in [0.15, 0.2) is 47.5 Å². The monoisotopic (exact) mass is 554 g/mol. The second-order valence-corrected chi connectivity index (χ2v) is 7.09. The first-order chi connectivity index (χ1) is 15.0. The molecule has 0 unspecified atom stereocenters. The summed E-state index contributed by atoms with van der Waals surface area (Å²) in [6.45, 7) is 11.1. The lowest BCUT2D eigenvalue weighted by Gasteiger charge is -2.15. The maximum Gasteiger partial charge on any atom is 0.221 e. The van der Waals surface area contributed by atoms with E-state index >= 15 is 0 Å². The van der Waals surface area contributed by atoms with Crippen LogP contribution >= 0.6 is 24.0 Å². The quantitative estimate of drug-likeness (QED) is 0.168. The van der Waals surface area contributed by atoms with Crippen LogP contribution in [0.5, 0.6) is 5.75 Å². The van der Waals surface area contributed by atoms with Gasteiger partial charge in [-0.25, -0.2) is 4.99 Å². The number of nitrogens with zero attached hydrogens (tertiary/aromatic N) is 1. The van der Waals surface area contributed by atoms with E-state index in [1.165, 1.54) is 6.92 Å². The fraction of sp³-hybridized carbons (Fsp3) is 0.417. The number of halogens is 1. The van der Waals surface area contributed by atoms with Crippen molar-refractivity contribution in [1.82, 2.24) is 10.6 Å². The highest BCUT2D eigenvalue weighted by Gasteiger charge is 2.06. The number of carbonyl (C=O) groups excluding carboxylic acids is 1. The third-order valence-electron chi connectivity index (χ3n) is 4.37. The number of guanidine groups is 1. The van der Waals surface area contributed by atoms with Gasteiger partial charge in [0.1, 0.15) is 12.4 Å². The van der Waals surface area contributed by atoms with Gasteiger partial charge in [-0.2, -0.15) is 0 Å². The predicted molar refractivity (Wildman–Crippen MR) is 141 cm³/mol. The van der Waals surface area contributed by atoms with Crippen LogP contribution in [0.25, 0.3) is 0 Å². The molecule has 0 atom stereocenters. The molecule has 32 heavy (non-hydrogen) atoms. The van der Waals surface area contributed by atoms with Gasteiger partial charge in [-0.05, 0) is 50.1 Å². The minimum Gasteiger partial charge on any atom is -0.491 e. The van der Waals surface area contributed by atoms with E-state index in [-0.39, 0.29) is 29.9 Å². The summed E-state index contributed by atoms with van der Waals surface area (Å²) >= 11 is 0. The molecule has 0 aromatic heterocycles. The Bertz CT molecular complexity index is 874. The molecular formula is C24H35IN4O3. The van der Waals surface area contributed by atoms with Gasteiger partial charge < -0.3 is 25.4 Å². The second kappa shape index (κ2) is 15.5. The molecule has 1 amide bonds. The van der Waals surface area contributed by atoms with Crippen molar-refractivity contribution in [3.05, 3.63) is 59.2 Å². The zero-order valence-electron chi connectivity index (χ0n) is 19.4. The third kappa shape index (κ3) is 10.3. The molecule has 7 nitrogen and oxygen atoms in total. The van der Waals surface area contributed by atoms with Crippen LogP contribution in [0.3, 0.4) is 0 Å². The molecule has 0 bridgehead atoms. The van der Waals surface area contributed by atoms with E-state index in [0.29, 0.717) is 38.9 Å². The lowest BCUT2D eigenvalue weighted by molar-refractivity contribution is -0.114. The molecule has 2 aromatic rings. The summed E-state index contributed by atoms with van der Waals surface area (Å²) in [6, 6.07) is 13.9. The molecule has 0 aliphatic carbocycles. The van der Waals surface area contributed by atoms with Gasteiger partial charge in [-0.15, -0.1) is 24.0 Å². The molecule has 0 saturated carbocycles. The summed E-state index contributed by atoms with van der Waals surface area (Å²) < 4.78 is 11.3. The average molecular weight is 554 g/mol. The van der Waals surface area contributed by atoms with Gasteiger partial charge in [0.05, 0.1) is 13.2 Å². The maximum absolute atomic E-state index is 11.3. The zero-order valence-corrected chi connectivity index (χ0v) is 21.7.